The molecule has 0 atom stereocenters. The van der Waals surface area contributed by atoms with Gasteiger partial charge in [-0.1, -0.05) is 35.4 Å². The van der Waals surface area contributed by atoms with Gasteiger partial charge in [0.25, 0.3) is 0 Å². The van der Waals surface area contributed by atoms with Crippen LogP contribution in [-0.2, 0) is 0 Å². The maximum absolute atomic E-state index is 8.10. The van der Waals surface area contributed by atoms with Crippen molar-refractivity contribution < 1.29 is 0 Å². The monoisotopic (exact) mass is 223 g/mol. The van der Waals surface area contributed by atoms with Crippen LogP contribution in [0.2, 0.25) is 0 Å². The second kappa shape index (κ2) is 4.59. The largest absolute Gasteiger partial charge is 0.0812 e. The third-order valence-electron chi connectivity index (χ3n) is 1.23. The molecule has 3 nitrogen and oxygen atoms in total. The maximum Gasteiger partial charge on any atom is 0.0812 e. The van der Waals surface area contributed by atoms with Gasteiger partial charge in [0, 0.05) is 4.91 Å². The second-order valence-electron chi connectivity index (χ2n) is 2.07. The first-order valence-corrected chi connectivity index (χ1v) is 4.09. The standard InChI is InChI=1S/C8H6BrN3/c9-8(11-12-10)6-7-4-2-1-3-5-7/h1-6H. The molecule has 0 unspecified atom stereocenters. The lowest BCUT2D eigenvalue weighted by Gasteiger charge is -1.90. The van der Waals surface area contributed by atoms with Crippen LogP contribution in [0.5, 0.6) is 0 Å². The maximum atomic E-state index is 8.10. The fourth-order valence-corrected chi connectivity index (χ4v) is 1.09. The summed E-state index contributed by atoms with van der Waals surface area (Å²) in [6, 6.07) is 9.62. The number of rotatable bonds is 2. The average molecular weight is 224 g/mol. The lowest BCUT2D eigenvalue weighted by atomic mass is 10.2. The second-order valence-corrected chi connectivity index (χ2v) is 2.88. The van der Waals surface area contributed by atoms with Gasteiger partial charge in [-0.3, -0.25) is 0 Å². The number of nitrogens with zero attached hydrogens (tertiary/aromatic N) is 3. The fraction of sp³-hybridized carbons (Fsp3) is 0. The molecule has 60 valence electrons. The minimum Gasteiger partial charge on any atom is -0.0622 e. The summed E-state index contributed by atoms with van der Waals surface area (Å²) in [4.78, 5) is 2.64. The zero-order chi connectivity index (χ0) is 8.81. The van der Waals surface area contributed by atoms with Crippen LogP contribution in [0.3, 0.4) is 0 Å². The number of hydrogen-bond acceptors (Lipinski definition) is 1. The minimum atomic E-state index is 0.483. The quantitative estimate of drug-likeness (QED) is 0.318. The van der Waals surface area contributed by atoms with Crippen molar-refractivity contribution in [3.8, 4) is 0 Å². The van der Waals surface area contributed by atoms with Crippen molar-refractivity contribution in [1.82, 2.24) is 0 Å². The van der Waals surface area contributed by atoms with Crippen LogP contribution in [0.15, 0.2) is 40.1 Å². The van der Waals surface area contributed by atoms with E-state index in [2.05, 4.69) is 26.0 Å². The highest BCUT2D eigenvalue weighted by Crippen LogP contribution is 2.12. The summed E-state index contributed by atoms with van der Waals surface area (Å²) in [5.41, 5.74) is 9.10. The van der Waals surface area contributed by atoms with E-state index in [1.165, 1.54) is 0 Å². The highest BCUT2D eigenvalue weighted by atomic mass is 79.9. The lowest BCUT2D eigenvalue weighted by molar-refractivity contribution is 1.49. The van der Waals surface area contributed by atoms with Crippen LogP contribution in [0.25, 0.3) is 16.5 Å². The Hall–Kier alpha value is -1.25. The summed E-state index contributed by atoms with van der Waals surface area (Å²) >= 11 is 3.12. The molecule has 0 fully saturated rings. The van der Waals surface area contributed by atoms with E-state index in [0.29, 0.717) is 4.61 Å². The average Bonchev–Trinajstić information content (AvgIpc) is 2.06. The molecule has 0 bridgehead atoms. The van der Waals surface area contributed by atoms with E-state index in [-0.39, 0.29) is 0 Å². The molecule has 0 spiro atoms. The smallest absolute Gasteiger partial charge is 0.0622 e. The number of azide groups is 1. The molecule has 1 rings (SSSR count). The molecule has 0 aliphatic heterocycles. The van der Waals surface area contributed by atoms with Crippen LogP contribution in [0.1, 0.15) is 5.56 Å². The third-order valence-corrected chi connectivity index (χ3v) is 1.61. The Morgan fingerprint density at radius 2 is 2.08 bits per heavy atom. The summed E-state index contributed by atoms with van der Waals surface area (Å²) in [6.07, 6.45) is 1.75. The van der Waals surface area contributed by atoms with Crippen LogP contribution in [0, 0.1) is 0 Å². The highest BCUT2D eigenvalue weighted by molar-refractivity contribution is 9.11. The van der Waals surface area contributed by atoms with E-state index >= 15 is 0 Å². The Kier molecular flexibility index (Phi) is 3.38. The zero-order valence-electron chi connectivity index (χ0n) is 6.18. The molecule has 0 aliphatic carbocycles. The molecule has 1 aromatic carbocycles. The van der Waals surface area contributed by atoms with Crippen molar-refractivity contribution in [2.75, 3.05) is 0 Å². The molecular formula is C8H6BrN3. The van der Waals surface area contributed by atoms with Gasteiger partial charge in [0.15, 0.2) is 0 Å². The van der Waals surface area contributed by atoms with Crippen molar-refractivity contribution in [2.24, 2.45) is 5.11 Å². The van der Waals surface area contributed by atoms with E-state index in [4.69, 9.17) is 5.53 Å². The Morgan fingerprint density at radius 1 is 1.42 bits per heavy atom. The number of benzene rings is 1. The van der Waals surface area contributed by atoms with E-state index in [9.17, 15) is 0 Å². The SMILES string of the molecule is [N-]=[N+]=NC(Br)=Cc1ccccc1. The van der Waals surface area contributed by atoms with E-state index in [1.807, 2.05) is 30.3 Å². The summed E-state index contributed by atoms with van der Waals surface area (Å²) in [5, 5.41) is 3.38. The molecule has 0 heterocycles. The third kappa shape index (κ3) is 2.78. The first-order chi connectivity index (χ1) is 5.83. The molecule has 0 saturated heterocycles. The molecule has 0 aliphatic rings. The minimum absolute atomic E-state index is 0.483. The summed E-state index contributed by atoms with van der Waals surface area (Å²) in [5.74, 6) is 0. The van der Waals surface area contributed by atoms with E-state index in [1.54, 1.807) is 6.08 Å². The topological polar surface area (TPSA) is 48.8 Å². The predicted octanol–water partition coefficient (Wildman–Crippen LogP) is 3.69. The molecular weight excluding hydrogens is 218 g/mol. The fourth-order valence-electron chi connectivity index (χ4n) is 0.758. The normalized spacial score (nSPS) is 10.6. The first-order valence-electron chi connectivity index (χ1n) is 3.30. The van der Waals surface area contributed by atoms with Crippen LogP contribution < -0.4 is 0 Å². The lowest BCUT2D eigenvalue weighted by Crippen LogP contribution is -1.68. The Labute approximate surface area is 78.5 Å². The molecule has 0 saturated carbocycles. The van der Waals surface area contributed by atoms with Gasteiger partial charge in [0.2, 0.25) is 0 Å². The predicted molar refractivity (Wildman–Crippen MR) is 52.5 cm³/mol. The summed E-state index contributed by atoms with van der Waals surface area (Å²) in [6.45, 7) is 0. The molecule has 0 aromatic heterocycles. The molecule has 0 amide bonds. The number of halogens is 1. The Morgan fingerprint density at radius 3 is 2.67 bits per heavy atom. The molecule has 1 aromatic rings. The van der Waals surface area contributed by atoms with Gasteiger partial charge in [-0.05, 0) is 33.1 Å². The van der Waals surface area contributed by atoms with E-state index in [0.717, 1.165) is 5.56 Å². The Balaban J connectivity index is 2.88. The van der Waals surface area contributed by atoms with Gasteiger partial charge in [-0.15, -0.1) is 0 Å². The van der Waals surface area contributed by atoms with Gasteiger partial charge in [0.05, 0.1) is 4.61 Å². The Bertz CT molecular complexity index is 325. The van der Waals surface area contributed by atoms with Crippen LogP contribution in [-0.4, -0.2) is 0 Å². The van der Waals surface area contributed by atoms with Crippen molar-refractivity contribution in [2.45, 2.75) is 0 Å². The molecule has 0 radical (unpaired) electrons. The molecule has 0 N–H and O–H groups in total. The van der Waals surface area contributed by atoms with Crippen LogP contribution >= 0.6 is 15.9 Å². The van der Waals surface area contributed by atoms with Gasteiger partial charge in [-0.25, -0.2) is 0 Å². The highest BCUT2D eigenvalue weighted by Gasteiger charge is 1.87. The van der Waals surface area contributed by atoms with E-state index < -0.39 is 0 Å². The zero-order valence-corrected chi connectivity index (χ0v) is 7.77. The van der Waals surface area contributed by atoms with Crippen molar-refractivity contribution in [3.05, 3.63) is 50.9 Å². The molecule has 4 heteroatoms. The van der Waals surface area contributed by atoms with Gasteiger partial charge in [-0.2, -0.15) is 0 Å². The van der Waals surface area contributed by atoms with Gasteiger partial charge < -0.3 is 0 Å². The van der Waals surface area contributed by atoms with Crippen molar-refractivity contribution in [1.29, 1.82) is 0 Å². The number of hydrogen-bond donors (Lipinski definition) is 0. The van der Waals surface area contributed by atoms with Crippen molar-refractivity contribution in [3.63, 3.8) is 0 Å². The summed E-state index contributed by atoms with van der Waals surface area (Å²) in [7, 11) is 0. The summed E-state index contributed by atoms with van der Waals surface area (Å²) < 4.78 is 0.483. The molecule has 12 heavy (non-hydrogen) atoms. The van der Waals surface area contributed by atoms with Gasteiger partial charge in [0.1, 0.15) is 0 Å². The van der Waals surface area contributed by atoms with Crippen LogP contribution in [0.4, 0.5) is 0 Å². The van der Waals surface area contributed by atoms with Gasteiger partial charge >= 0.3 is 0 Å². The first kappa shape index (κ1) is 8.84. The van der Waals surface area contributed by atoms with Crippen molar-refractivity contribution >= 4 is 22.0 Å².